The molecule has 0 aromatic heterocycles. The third-order valence-electron chi connectivity index (χ3n) is 3.15. The molecule has 4 nitrogen and oxygen atoms in total. The Morgan fingerprint density at radius 3 is 1.45 bits per heavy atom. The monoisotopic (exact) mass is 286 g/mol. The third-order valence-corrected chi connectivity index (χ3v) is 3.15. The predicted molar refractivity (Wildman–Crippen MR) is 80.4 cm³/mol. The van der Waals surface area contributed by atoms with E-state index in [-0.39, 0.29) is 17.6 Å². The van der Waals surface area contributed by atoms with Gasteiger partial charge in [-0.05, 0) is 19.8 Å². The smallest absolute Gasteiger partial charge is 0.148 e. The van der Waals surface area contributed by atoms with Crippen LogP contribution in [0.25, 0.3) is 0 Å². The predicted octanol–water partition coefficient (Wildman–Crippen LogP) is 2.67. The van der Waals surface area contributed by atoms with Crippen LogP contribution >= 0.6 is 0 Å². The molecule has 1 N–H and O–H groups in total. The summed E-state index contributed by atoms with van der Waals surface area (Å²) < 4.78 is 0. The van der Waals surface area contributed by atoms with Crippen LogP contribution in [0.1, 0.15) is 55.4 Å². The lowest BCUT2D eigenvalue weighted by Crippen LogP contribution is -2.34. The maximum atomic E-state index is 11.2. The highest BCUT2D eigenvalue weighted by atomic mass is 16.3. The molecular weight excluding hydrogens is 256 g/mol. The van der Waals surface area contributed by atoms with Crippen LogP contribution in [0.3, 0.4) is 0 Å². The molecule has 0 spiro atoms. The summed E-state index contributed by atoms with van der Waals surface area (Å²) >= 11 is 0. The lowest BCUT2D eigenvalue weighted by atomic mass is 9.82. The molecule has 1 unspecified atom stereocenters. The minimum atomic E-state index is -0.797. The summed E-state index contributed by atoms with van der Waals surface area (Å²) in [6.45, 7) is 14.2. The van der Waals surface area contributed by atoms with E-state index in [2.05, 4.69) is 0 Å². The molecule has 1 atom stereocenters. The van der Waals surface area contributed by atoms with Gasteiger partial charge in [0.1, 0.15) is 18.4 Å². The second kappa shape index (κ2) is 8.30. The SMILES string of the molecule is CC(C)C(=O)C(C)(C)C=O.CC(C)C(O)C(C)(C)C=O. The van der Waals surface area contributed by atoms with Crippen molar-refractivity contribution >= 4 is 18.4 Å². The number of ketones is 1. The molecule has 0 heterocycles. The van der Waals surface area contributed by atoms with Gasteiger partial charge in [0.2, 0.25) is 0 Å². The molecule has 0 bridgehead atoms. The van der Waals surface area contributed by atoms with Crippen molar-refractivity contribution in [1.29, 1.82) is 0 Å². The van der Waals surface area contributed by atoms with E-state index >= 15 is 0 Å². The average Bonchev–Trinajstić information content (AvgIpc) is 2.37. The molecule has 4 heteroatoms. The van der Waals surface area contributed by atoms with Crippen molar-refractivity contribution in [3.8, 4) is 0 Å². The first-order valence-corrected chi connectivity index (χ1v) is 6.98. The fourth-order valence-electron chi connectivity index (χ4n) is 1.73. The minimum Gasteiger partial charge on any atom is -0.392 e. The molecule has 0 rings (SSSR count). The Balaban J connectivity index is 0. The largest absolute Gasteiger partial charge is 0.392 e. The molecule has 0 saturated carbocycles. The zero-order valence-electron chi connectivity index (χ0n) is 14.1. The van der Waals surface area contributed by atoms with Gasteiger partial charge in [-0.15, -0.1) is 0 Å². The van der Waals surface area contributed by atoms with Crippen molar-refractivity contribution in [2.75, 3.05) is 0 Å². The van der Waals surface area contributed by atoms with Crippen LogP contribution in [0.5, 0.6) is 0 Å². The van der Waals surface area contributed by atoms with Crippen LogP contribution in [0.4, 0.5) is 0 Å². The van der Waals surface area contributed by atoms with E-state index in [1.54, 1.807) is 41.5 Å². The Morgan fingerprint density at radius 1 is 0.950 bits per heavy atom. The molecule has 0 fully saturated rings. The molecule has 0 aromatic rings. The number of hydrogen-bond donors (Lipinski definition) is 1. The van der Waals surface area contributed by atoms with Crippen molar-refractivity contribution in [3.05, 3.63) is 0 Å². The normalized spacial score (nSPS) is 13.6. The van der Waals surface area contributed by atoms with Crippen LogP contribution in [-0.4, -0.2) is 29.6 Å². The quantitative estimate of drug-likeness (QED) is 0.602. The second-order valence-corrected chi connectivity index (χ2v) is 6.99. The number of Topliss-reactive ketones (excluding diaryl/α,β-unsaturated/α-hetero) is 1. The molecule has 0 aromatic carbocycles. The number of rotatable bonds is 6. The van der Waals surface area contributed by atoms with Gasteiger partial charge < -0.3 is 14.7 Å². The van der Waals surface area contributed by atoms with E-state index < -0.39 is 16.9 Å². The Hall–Kier alpha value is -1.03. The summed E-state index contributed by atoms with van der Waals surface area (Å²) in [4.78, 5) is 31.9. The van der Waals surface area contributed by atoms with E-state index in [4.69, 9.17) is 0 Å². The number of aldehydes is 2. The van der Waals surface area contributed by atoms with Crippen LogP contribution in [0.15, 0.2) is 0 Å². The topological polar surface area (TPSA) is 71.4 Å². The van der Waals surface area contributed by atoms with Gasteiger partial charge in [-0.25, -0.2) is 0 Å². The Morgan fingerprint density at radius 2 is 1.35 bits per heavy atom. The van der Waals surface area contributed by atoms with E-state index in [1.165, 1.54) is 0 Å². The van der Waals surface area contributed by atoms with Crippen molar-refractivity contribution in [1.82, 2.24) is 0 Å². The van der Waals surface area contributed by atoms with E-state index in [9.17, 15) is 19.5 Å². The van der Waals surface area contributed by atoms with Crippen LogP contribution in [0.2, 0.25) is 0 Å². The highest BCUT2D eigenvalue weighted by Gasteiger charge is 2.29. The lowest BCUT2D eigenvalue weighted by molar-refractivity contribution is -0.135. The van der Waals surface area contributed by atoms with Gasteiger partial charge in [-0.2, -0.15) is 0 Å². The van der Waals surface area contributed by atoms with Crippen molar-refractivity contribution < 1.29 is 19.5 Å². The van der Waals surface area contributed by atoms with E-state index in [0.29, 0.717) is 6.29 Å². The van der Waals surface area contributed by atoms with Crippen molar-refractivity contribution in [2.45, 2.75) is 61.5 Å². The minimum absolute atomic E-state index is 0.00231. The number of aliphatic hydroxyl groups is 1. The van der Waals surface area contributed by atoms with Crippen molar-refractivity contribution in [2.24, 2.45) is 22.7 Å². The average molecular weight is 286 g/mol. The van der Waals surface area contributed by atoms with Gasteiger partial charge in [0.05, 0.1) is 11.5 Å². The number of carbonyl (C=O) groups excluding carboxylic acids is 3. The summed E-state index contributed by atoms with van der Waals surface area (Å²) in [5.74, 6) is 0.0860. The Bertz CT molecular complexity index is 327. The molecule has 118 valence electrons. The summed E-state index contributed by atoms with van der Waals surface area (Å²) in [5.41, 5.74) is -1.40. The Labute approximate surface area is 122 Å². The highest BCUT2D eigenvalue weighted by Crippen LogP contribution is 2.22. The van der Waals surface area contributed by atoms with Crippen molar-refractivity contribution in [3.63, 3.8) is 0 Å². The summed E-state index contributed by atoms with van der Waals surface area (Å²) in [5, 5.41) is 9.42. The van der Waals surface area contributed by atoms with Gasteiger partial charge in [-0.3, -0.25) is 4.79 Å². The number of carbonyl (C=O) groups is 3. The van der Waals surface area contributed by atoms with Gasteiger partial charge in [0, 0.05) is 11.3 Å². The highest BCUT2D eigenvalue weighted by molar-refractivity contribution is 5.98. The first-order chi connectivity index (χ1) is 8.83. The molecular formula is C16H30O4. The second-order valence-electron chi connectivity index (χ2n) is 6.99. The van der Waals surface area contributed by atoms with E-state index in [1.807, 2.05) is 13.8 Å². The van der Waals surface area contributed by atoms with Gasteiger partial charge in [-0.1, -0.05) is 41.5 Å². The molecule has 0 aliphatic rings. The molecule has 0 saturated heterocycles. The fraction of sp³-hybridized carbons (Fsp3) is 0.812. The number of aliphatic hydroxyl groups excluding tert-OH is 1. The molecule has 0 aliphatic carbocycles. The lowest BCUT2D eigenvalue weighted by Gasteiger charge is -2.27. The van der Waals surface area contributed by atoms with Gasteiger partial charge in [0.25, 0.3) is 0 Å². The van der Waals surface area contributed by atoms with Gasteiger partial charge in [0.15, 0.2) is 0 Å². The maximum absolute atomic E-state index is 11.2. The zero-order chi connectivity index (χ0) is 16.7. The fourth-order valence-corrected chi connectivity index (χ4v) is 1.73. The molecule has 0 radical (unpaired) electrons. The third kappa shape index (κ3) is 6.94. The summed E-state index contributed by atoms with van der Waals surface area (Å²) in [7, 11) is 0. The van der Waals surface area contributed by atoms with Crippen LogP contribution in [-0.2, 0) is 14.4 Å². The number of hydrogen-bond acceptors (Lipinski definition) is 4. The standard InChI is InChI=1S/C8H16O2.C8H14O2/c2*1-6(2)7(10)8(3,4)5-9/h5-7,10H,1-4H3;5-6H,1-4H3. The summed E-state index contributed by atoms with van der Waals surface area (Å²) in [6, 6.07) is 0. The zero-order valence-corrected chi connectivity index (χ0v) is 14.1. The first kappa shape index (κ1) is 21.3. The van der Waals surface area contributed by atoms with Crippen LogP contribution < -0.4 is 0 Å². The molecule has 20 heavy (non-hydrogen) atoms. The van der Waals surface area contributed by atoms with Crippen LogP contribution in [0, 0.1) is 22.7 Å². The maximum Gasteiger partial charge on any atom is 0.148 e. The first-order valence-electron chi connectivity index (χ1n) is 6.98. The Kier molecular flexibility index (Phi) is 8.83. The van der Waals surface area contributed by atoms with E-state index in [0.717, 1.165) is 6.29 Å². The molecule has 0 amide bonds. The molecule has 0 aliphatic heterocycles. The summed E-state index contributed by atoms with van der Waals surface area (Å²) in [6.07, 6.45) is 0.970. The van der Waals surface area contributed by atoms with Gasteiger partial charge >= 0.3 is 0 Å².